The molecule has 2 amide bonds. The Morgan fingerprint density at radius 1 is 0.724 bits per heavy atom. The lowest BCUT2D eigenvalue weighted by Gasteiger charge is -2.19. The van der Waals surface area contributed by atoms with E-state index in [1.165, 1.54) is 0 Å². The maximum absolute atomic E-state index is 12.4. The molecule has 1 saturated carbocycles. The second-order valence-electron chi connectivity index (χ2n) is 7.63. The molecule has 0 radical (unpaired) electrons. The lowest BCUT2D eigenvalue weighted by molar-refractivity contribution is -0.126. The highest BCUT2D eigenvalue weighted by molar-refractivity contribution is 6.08. The molecule has 0 aromatic heterocycles. The van der Waals surface area contributed by atoms with Crippen LogP contribution >= 0.6 is 0 Å². The molecule has 29 heavy (non-hydrogen) atoms. The van der Waals surface area contributed by atoms with Crippen LogP contribution in [-0.4, -0.2) is 26.0 Å². The summed E-state index contributed by atoms with van der Waals surface area (Å²) in [4.78, 5) is 24.9. The fraction of sp³-hybridized carbons (Fsp3) is 0.250. The van der Waals surface area contributed by atoms with E-state index in [1.54, 1.807) is 14.2 Å². The lowest BCUT2D eigenvalue weighted by Crippen LogP contribution is -2.26. The predicted octanol–water partition coefficient (Wildman–Crippen LogP) is 3.21. The van der Waals surface area contributed by atoms with Crippen molar-refractivity contribution < 1.29 is 19.1 Å². The van der Waals surface area contributed by atoms with Crippen molar-refractivity contribution in [1.82, 2.24) is 5.32 Å². The number of ether oxygens (including phenoxy) is 2. The van der Waals surface area contributed by atoms with E-state index in [-0.39, 0.29) is 35.5 Å². The summed E-state index contributed by atoms with van der Waals surface area (Å²) in [6.07, 6.45) is 4.18. The number of fused-ring (bicyclic) bond motifs is 5. The van der Waals surface area contributed by atoms with Crippen LogP contribution in [0.2, 0.25) is 0 Å². The summed E-state index contributed by atoms with van der Waals surface area (Å²) in [5.74, 6) is 0.527. The number of rotatable bonds is 4. The van der Waals surface area contributed by atoms with E-state index < -0.39 is 0 Å². The minimum atomic E-state index is -0.306. The minimum Gasteiger partial charge on any atom is -0.497 e. The fourth-order valence-electron chi connectivity index (χ4n) is 5.03. The average molecular weight is 387 g/mol. The highest BCUT2D eigenvalue weighted by atomic mass is 16.5. The third-order valence-corrected chi connectivity index (χ3v) is 6.30. The molecule has 2 aliphatic carbocycles. The first-order chi connectivity index (χ1) is 14.1. The van der Waals surface area contributed by atoms with Crippen molar-refractivity contribution in [2.24, 2.45) is 23.7 Å². The van der Waals surface area contributed by atoms with Gasteiger partial charge in [0.05, 0.1) is 26.1 Å². The summed E-state index contributed by atoms with van der Waals surface area (Å²) in [6.45, 7) is 0. The van der Waals surface area contributed by atoms with E-state index >= 15 is 0 Å². The van der Waals surface area contributed by atoms with Gasteiger partial charge in [0, 0.05) is 11.8 Å². The topological polar surface area (TPSA) is 64.6 Å². The number of carbonyl (C=O) groups excluding carboxylic acids is 2. The molecule has 3 aliphatic rings. The van der Waals surface area contributed by atoms with Gasteiger partial charge in [0.1, 0.15) is 11.5 Å². The SMILES string of the molecule is COc1ccc(C(=C2C3C=CC2C2C(=O)NC(=O)C32)c2ccc(OC)cc2)cc1. The molecule has 5 heteroatoms. The summed E-state index contributed by atoms with van der Waals surface area (Å²) in [5.41, 5.74) is 4.30. The molecule has 0 spiro atoms. The Morgan fingerprint density at radius 3 is 1.52 bits per heavy atom. The third kappa shape index (κ3) is 2.61. The van der Waals surface area contributed by atoms with E-state index in [9.17, 15) is 9.59 Å². The Bertz CT molecular complexity index is 968. The van der Waals surface area contributed by atoms with Crippen molar-refractivity contribution in [3.8, 4) is 11.5 Å². The van der Waals surface area contributed by atoms with Gasteiger partial charge in [-0.25, -0.2) is 0 Å². The lowest BCUT2D eigenvalue weighted by atomic mass is 9.85. The van der Waals surface area contributed by atoms with Gasteiger partial charge >= 0.3 is 0 Å². The van der Waals surface area contributed by atoms with Crippen LogP contribution in [0, 0.1) is 23.7 Å². The molecule has 146 valence electrons. The van der Waals surface area contributed by atoms with Gasteiger partial charge in [-0.1, -0.05) is 36.4 Å². The number of hydrogen-bond acceptors (Lipinski definition) is 4. The minimum absolute atomic E-state index is 0.0596. The van der Waals surface area contributed by atoms with Crippen LogP contribution in [0.5, 0.6) is 11.5 Å². The molecule has 2 aromatic rings. The molecule has 1 N–H and O–H groups in total. The Hall–Kier alpha value is -3.34. The number of nitrogens with one attached hydrogen (secondary N) is 1. The maximum Gasteiger partial charge on any atom is 0.231 e. The van der Waals surface area contributed by atoms with E-state index in [4.69, 9.17) is 9.47 Å². The third-order valence-electron chi connectivity index (χ3n) is 6.30. The first kappa shape index (κ1) is 17.7. The summed E-state index contributed by atoms with van der Waals surface area (Å²) < 4.78 is 10.6. The number of allylic oxidation sites excluding steroid dienone is 3. The molecule has 2 aromatic carbocycles. The Kier molecular flexibility index (Phi) is 4.05. The number of methoxy groups -OCH3 is 2. The van der Waals surface area contributed by atoms with Crippen LogP contribution in [0.1, 0.15) is 11.1 Å². The van der Waals surface area contributed by atoms with Crippen molar-refractivity contribution in [3.63, 3.8) is 0 Å². The van der Waals surface area contributed by atoms with Crippen molar-refractivity contribution in [3.05, 3.63) is 77.4 Å². The highest BCUT2D eigenvalue weighted by Crippen LogP contribution is 2.56. The standard InChI is InChI=1S/C24H21NO4/c1-28-15-7-3-13(4-8-15)19(14-5-9-16(29-2)10-6-14)20-17-11-12-18(20)22-21(17)23(26)25-24(22)27/h3-12,17-18,21-22H,1-2H3,(H,25,26,27). The number of imide groups is 1. The van der Waals surface area contributed by atoms with Gasteiger partial charge in [0.2, 0.25) is 11.8 Å². The second kappa shape index (κ2) is 6.62. The zero-order valence-corrected chi connectivity index (χ0v) is 16.2. The van der Waals surface area contributed by atoms with Gasteiger partial charge in [0.25, 0.3) is 0 Å². The van der Waals surface area contributed by atoms with Crippen molar-refractivity contribution in [2.75, 3.05) is 14.2 Å². The van der Waals surface area contributed by atoms with Gasteiger partial charge in [-0.15, -0.1) is 0 Å². The number of amides is 2. The van der Waals surface area contributed by atoms with E-state index in [0.717, 1.165) is 33.8 Å². The molecule has 5 rings (SSSR count). The van der Waals surface area contributed by atoms with Crippen LogP contribution in [-0.2, 0) is 9.59 Å². The molecular formula is C24H21NO4. The largest absolute Gasteiger partial charge is 0.497 e. The first-order valence-corrected chi connectivity index (χ1v) is 9.68. The zero-order valence-electron chi connectivity index (χ0n) is 16.2. The maximum atomic E-state index is 12.4. The van der Waals surface area contributed by atoms with Gasteiger partial charge in [-0.3, -0.25) is 14.9 Å². The number of hydrogen-bond donors (Lipinski definition) is 1. The molecule has 1 aliphatic heterocycles. The Morgan fingerprint density at radius 2 is 1.14 bits per heavy atom. The van der Waals surface area contributed by atoms with Gasteiger partial charge in [-0.2, -0.15) is 0 Å². The average Bonchev–Trinajstić information content (AvgIpc) is 3.40. The molecule has 2 bridgehead atoms. The molecule has 2 fully saturated rings. The van der Waals surface area contributed by atoms with E-state index in [0.29, 0.717) is 0 Å². The van der Waals surface area contributed by atoms with Crippen LogP contribution in [0.4, 0.5) is 0 Å². The molecular weight excluding hydrogens is 366 g/mol. The van der Waals surface area contributed by atoms with Crippen LogP contribution in [0.25, 0.3) is 5.57 Å². The number of benzene rings is 2. The smallest absolute Gasteiger partial charge is 0.231 e. The second-order valence-corrected chi connectivity index (χ2v) is 7.63. The zero-order chi connectivity index (χ0) is 20.1. The van der Waals surface area contributed by atoms with Crippen LogP contribution in [0.15, 0.2) is 66.3 Å². The molecule has 1 heterocycles. The normalized spacial score (nSPS) is 26.5. The molecule has 4 unspecified atom stereocenters. The van der Waals surface area contributed by atoms with E-state index in [1.807, 2.05) is 48.5 Å². The summed E-state index contributed by atoms with van der Waals surface area (Å²) in [7, 11) is 3.29. The highest BCUT2D eigenvalue weighted by Gasteiger charge is 2.59. The van der Waals surface area contributed by atoms with E-state index in [2.05, 4.69) is 17.5 Å². The Labute approximate surface area is 169 Å². The summed E-state index contributed by atoms with van der Waals surface area (Å²) >= 11 is 0. The van der Waals surface area contributed by atoms with Crippen LogP contribution < -0.4 is 14.8 Å². The van der Waals surface area contributed by atoms with Gasteiger partial charge in [0.15, 0.2) is 0 Å². The van der Waals surface area contributed by atoms with Crippen LogP contribution in [0.3, 0.4) is 0 Å². The summed E-state index contributed by atoms with van der Waals surface area (Å²) in [6, 6.07) is 15.8. The molecule has 1 saturated heterocycles. The van der Waals surface area contributed by atoms with Crippen molar-refractivity contribution in [1.29, 1.82) is 0 Å². The first-order valence-electron chi connectivity index (χ1n) is 9.68. The Balaban J connectivity index is 1.70. The monoisotopic (exact) mass is 387 g/mol. The van der Waals surface area contributed by atoms with Gasteiger partial charge < -0.3 is 9.47 Å². The quantitative estimate of drug-likeness (QED) is 0.646. The molecule has 4 atom stereocenters. The van der Waals surface area contributed by atoms with Crippen molar-refractivity contribution in [2.45, 2.75) is 0 Å². The number of carbonyl (C=O) groups is 2. The van der Waals surface area contributed by atoms with Crippen molar-refractivity contribution >= 4 is 17.4 Å². The fourth-order valence-corrected chi connectivity index (χ4v) is 5.03. The molecule has 5 nitrogen and oxygen atoms in total. The predicted molar refractivity (Wildman–Crippen MR) is 108 cm³/mol. The van der Waals surface area contributed by atoms with Gasteiger partial charge in [-0.05, 0) is 46.5 Å². The summed E-state index contributed by atoms with van der Waals surface area (Å²) in [5, 5.41) is 2.52.